The van der Waals surface area contributed by atoms with Gasteiger partial charge in [-0.25, -0.2) is 9.59 Å². The zero-order valence-electron chi connectivity index (χ0n) is 21.6. The molecule has 0 saturated carbocycles. The fraction of sp³-hybridized carbons (Fsp3) is 0.481. The van der Waals surface area contributed by atoms with Gasteiger partial charge in [-0.05, 0) is 63.7 Å². The van der Waals surface area contributed by atoms with Crippen LogP contribution in [0.15, 0.2) is 42.5 Å². The summed E-state index contributed by atoms with van der Waals surface area (Å²) < 4.78 is 23.8. The second kappa shape index (κ2) is 13.7. The molecule has 37 heavy (non-hydrogen) atoms. The fourth-order valence-corrected chi connectivity index (χ4v) is 4.13. The lowest BCUT2D eigenvalue weighted by Crippen LogP contribution is -2.40. The highest BCUT2D eigenvalue weighted by atomic mass is 16.7. The largest absolute Gasteiger partial charge is 0.482 e. The van der Waals surface area contributed by atoms with Crippen LogP contribution >= 0.6 is 0 Å². The average molecular weight is 517 g/mol. The van der Waals surface area contributed by atoms with Crippen LogP contribution in [0.4, 0.5) is 0 Å². The van der Waals surface area contributed by atoms with Gasteiger partial charge in [-0.15, -0.1) is 0 Å². The van der Waals surface area contributed by atoms with E-state index in [1.807, 2.05) is 18.2 Å². The van der Waals surface area contributed by atoms with Crippen LogP contribution in [-0.4, -0.2) is 78.7 Å². The lowest BCUT2D eigenvalue weighted by molar-refractivity contribution is -0.159. The molecule has 0 bridgehead atoms. The van der Waals surface area contributed by atoms with Gasteiger partial charge in [0.25, 0.3) is 0 Å². The summed E-state index contributed by atoms with van der Waals surface area (Å²) in [5, 5.41) is 14.8. The zero-order chi connectivity index (χ0) is 26.8. The summed E-state index contributed by atoms with van der Waals surface area (Å²) in [7, 11) is 4.15. The van der Waals surface area contributed by atoms with Crippen LogP contribution in [0.1, 0.15) is 44.3 Å². The van der Waals surface area contributed by atoms with E-state index >= 15 is 0 Å². The van der Waals surface area contributed by atoms with E-state index in [9.17, 15) is 0 Å². The van der Waals surface area contributed by atoms with Crippen LogP contribution in [0.5, 0.6) is 23.0 Å². The molecular weight excluding hydrogens is 480 g/mol. The molecule has 0 aliphatic carbocycles. The number of hydrogen-bond acceptors (Lipinski definition) is 8. The summed E-state index contributed by atoms with van der Waals surface area (Å²) >= 11 is 0. The lowest BCUT2D eigenvalue weighted by atomic mass is 10.1. The van der Waals surface area contributed by atoms with Crippen LogP contribution < -0.4 is 18.9 Å². The number of fused-ring (bicyclic) bond motifs is 1. The second-order valence-electron chi connectivity index (χ2n) is 9.18. The Kier molecular flexibility index (Phi) is 10.4. The number of carboxylic acid groups (broad SMARTS) is 2. The van der Waals surface area contributed by atoms with Gasteiger partial charge in [-0.1, -0.05) is 24.6 Å². The molecule has 0 spiro atoms. The molecule has 0 radical (unpaired) electrons. The molecule has 10 heteroatoms. The third-order valence-electron chi connectivity index (χ3n) is 6.11. The zero-order valence-corrected chi connectivity index (χ0v) is 21.6. The molecule has 2 aromatic rings. The smallest absolute Gasteiger partial charge is 0.414 e. The molecule has 0 aromatic heterocycles. The SMILES string of the molecule is CC(Oc1ccc(C(CCN(C)C)Oc2cccc3c2OCO3)cc1)N1CCCCC1.O=C(O)C(=O)O. The molecule has 2 aliphatic rings. The molecule has 4 rings (SSSR count). The summed E-state index contributed by atoms with van der Waals surface area (Å²) in [5.74, 6) is -0.611. The molecule has 1 fully saturated rings. The topological polar surface area (TPSA) is 118 Å². The molecule has 10 nitrogen and oxygen atoms in total. The Labute approximate surface area is 217 Å². The van der Waals surface area contributed by atoms with Gasteiger partial charge in [0.1, 0.15) is 18.1 Å². The van der Waals surface area contributed by atoms with Gasteiger partial charge >= 0.3 is 11.9 Å². The Hall–Kier alpha value is -3.50. The highest BCUT2D eigenvalue weighted by molar-refractivity contribution is 6.27. The van der Waals surface area contributed by atoms with Crippen LogP contribution in [0.3, 0.4) is 0 Å². The molecule has 2 unspecified atom stereocenters. The number of nitrogens with zero attached hydrogens (tertiary/aromatic N) is 2. The Morgan fingerprint density at radius 3 is 2.27 bits per heavy atom. The van der Waals surface area contributed by atoms with Crippen molar-refractivity contribution in [3.8, 4) is 23.0 Å². The first-order valence-corrected chi connectivity index (χ1v) is 12.4. The van der Waals surface area contributed by atoms with Gasteiger partial charge in [0.2, 0.25) is 12.5 Å². The second-order valence-corrected chi connectivity index (χ2v) is 9.18. The molecule has 0 amide bonds. The van der Waals surface area contributed by atoms with E-state index in [1.165, 1.54) is 19.3 Å². The minimum Gasteiger partial charge on any atom is -0.482 e. The predicted molar refractivity (Wildman–Crippen MR) is 136 cm³/mol. The summed E-state index contributed by atoms with van der Waals surface area (Å²) in [6, 6.07) is 14.1. The standard InChI is InChI=1S/C25H34N2O4.C2H2O4/c1-19(27-15-5-4-6-16-27)30-21-12-10-20(11-13-21)22(14-17-26(2)3)31-24-9-7-8-23-25(24)29-18-28-23;3-1(4)2(5)6/h7-13,19,22H,4-6,14-18H2,1-3H3;(H,3,4)(H,5,6). The fourth-order valence-electron chi connectivity index (χ4n) is 4.13. The van der Waals surface area contributed by atoms with Gasteiger partial charge in [0.15, 0.2) is 11.5 Å². The minimum atomic E-state index is -1.82. The maximum atomic E-state index is 9.10. The van der Waals surface area contributed by atoms with Crippen molar-refractivity contribution in [2.24, 2.45) is 0 Å². The van der Waals surface area contributed by atoms with Crippen molar-refractivity contribution >= 4 is 11.9 Å². The Bertz CT molecular complexity index is 1010. The summed E-state index contributed by atoms with van der Waals surface area (Å²) in [6.07, 6.45) is 4.71. The number of hydrogen-bond donors (Lipinski definition) is 2. The molecular formula is C27H36N2O8. The van der Waals surface area contributed by atoms with Gasteiger partial charge in [-0.3, -0.25) is 4.90 Å². The molecule has 2 atom stereocenters. The van der Waals surface area contributed by atoms with Crippen molar-refractivity contribution in [1.29, 1.82) is 0 Å². The van der Waals surface area contributed by atoms with E-state index < -0.39 is 11.9 Å². The number of ether oxygens (including phenoxy) is 4. The first kappa shape index (κ1) is 28.1. The van der Waals surface area contributed by atoms with Gasteiger partial charge < -0.3 is 34.1 Å². The number of aliphatic carboxylic acids is 2. The van der Waals surface area contributed by atoms with Crippen molar-refractivity contribution in [2.75, 3.05) is 40.5 Å². The van der Waals surface area contributed by atoms with Crippen LogP contribution in [0, 0.1) is 0 Å². The molecule has 202 valence electrons. The number of carbonyl (C=O) groups is 2. The Morgan fingerprint density at radius 1 is 0.973 bits per heavy atom. The van der Waals surface area contributed by atoms with Crippen molar-refractivity contribution in [2.45, 2.75) is 44.9 Å². The van der Waals surface area contributed by atoms with Crippen LogP contribution in [-0.2, 0) is 9.59 Å². The van der Waals surface area contributed by atoms with E-state index in [0.717, 1.165) is 48.9 Å². The van der Waals surface area contributed by atoms with E-state index in [4.69, 9.17) is 38.7 Å². The molecule has 2 N–H and O–H groups in total. The lowest BCUT2D eigenvalue weighted by Gasteiger charge is -2.32. The highest BCUT2D eigenvalue weighted by Gasteiger charge is 2.23. The number of carboxylic acids is 2. The maximum Gasteiger partial charge on any atom is 0.414 e. The normalized spacial score (nSPS) is 16.3. The van der Waals surface area contributed by atoms with Crippen molar-refractivity contribution in [3.05, 3.63) is 48.0 Å². The highest BCUT2D eigenvalue weighted by Crippen LogP contribution is 2.42. The average Bonchev–Trinajstić information content (AvgIpc) is 3.38. The minimum absolute atomic E-state index is 0.0910. The monoisotopic (exact) mass is 516 g/mol. The first-order valence-electron chi connectivity index (χ1n) is 12.4. The Balaban J connectivity index is 0.000000568. The molecule has 2 aromatic carbocycles. The van der Waals surface area contributed by atoms with Crippen LogP contribution in [0.2, 0.25) is 0 Å². The number of para-hydroxylation sites is 1. The van der Waals surface area contributed by atoms with Crippen molar-refractivity contribution in [3.63, 3.8) is 0 Å². The van der Waals surface area contributed by atoms with Crippen molar-refractivity contribution in [1.82, 2.24) is 9.80 Å². The number of likely N-dealkylation sites (tertiary alicyclic amines) is 1. The van der Waals surface area contributed by atoms with Gasteiger partial charge in [0, 0.05) is 26.1 Å². The summed E-state index contributed by atoms with van der Waals surface area (Å²) in [4.78, 5) is 22.8. The first-order chi connectivity index (χ1) is 17.7. The third kappa shape index (κ3) is 8.54. The predicted octanol–water partition coefficient (Wildman–Crippen LogP) is 3.85. The van der Waals surface area contributed by atoms with Gasteiger partial charge in [-0.2, -0.15) is 0 Å². The summed E-state index contributed by atoms with van der Waals surface area (Å²) in [6.45, 7) is 5.53. The van der Waals surface area contributed by atoms with Crippen LogP contribution in [0.25, 0.3) is 0 Å². The summed E-state index contributed by atoms with van der Waals surface area (Å²) in [5.41, 5.74) is 1.12. The number of rotatable bonds is 9. The molecule has 2 aliphatic heterocycles. The third-order valence-corrected chi connectivity index (χ3v) is 6.11. The molecule has 2 heterocycles. The maximum absolute atomic E-state index is 9.10. The van der Waals surface area contributed by atoms with Gasteiger partial charge in [0.05, 0.1) is 0 Å². The Morgan fingerprint density at radius 2 is 1.65 bits per heavy atom. The van der Waals surface area contributed by atoms with Crippen molar-refractivity contribution < 1.29 is 38.7 Å². The number of piperidine rings is 1. The van der Waals surface area contributed by atoms with E-state index in [1.54, 1.807) is 0 Å². The quantitative estimate of drug-likeness (QED) is 0.476. The van der Waals surface area contributed by atoms with E-state index in [-0.39, 0.29) is 19.1 Å². The molecule has 1 saturated heterocycles. The van der Waals surface area contributed by atoms with E-state index in [2.05, 4.69) is 55.1 Å². The number of benzene rings is 2. The van der Waals surface area contributed by atoms with E-state index in [0.29, 0.717) is 5.75 Å².